The lowest BCUT2D eigenvalue weighted by Gasteiger charge is -2.43. The molecule has 4 atom stereocenters. The molecule has 1 aliphatic heterocycles. The first-order chi connectivity index (χ1) is 17.7. The van der Waals surface area contributed by atoms with Gasteiger partial charge in [0.05, 0.1) is 13.2 Å². The summed E-state index contributed by atoms with van der Waals surface area (Å²) < 4.78 is 62.0. The minimum atomic E-state index is -2.78. The second kappa shape index (κ2) is 15.7. The molecule has 4 unspecified atom stereocenters. The molecule has 0 aliphatic carbocycles. The Morgan fingerprint density at radius 1 is 0.692 bits per heavy atom. The molecule has 1 fully saturated rings. The van der Waals surface area contributed by atoms with Gasteiger partial charge in [0, 0.05) is 34.0 Å². The molecule has 0 aromatic carbocycles. The quantitative estimate of drug-likeness (QED) is 0.0873. The highest BCUT2D eigenvalue weighted by molar-refractivity contribution is 6.90. The molecule has 1 saturated heterocycles. The predicted octanol–water partition coefficient (Wildman–Crippen LogP) is 5.12. The smallest absolute Gasteiger partial charge is 0.439 e. The largest absolute Gasteiger partial charge is 0.500 e. The Morgan fingerprint density at radius 2 is 1.23 bits per heavy atom. The maximum atomic E-state index is 6.99. The van der Waals surface area contributed by atoms with Crippen LogP contribution in [0.25, 0.3) is 0 Å². The van der Waals surface area contributed by atoms with E-state index in [-0.39, 0.29) is 6.10 Å². The van der Waals surface area contributed by atoms with Crippen molar-refractivity contribution in [2.45, 2.75) is 103 Å². The lowest BCUT2D eigenvalue weighted by molar-refractivity contribution is 0.115. The van der Waals surface area contributed by atoms with E-state index in [1.807, 2.05) is 0 Å². The van der Waals surface area contributed by atoms with E-state index in [1.165, 1.54) is 0 Å². The van der Waals surface area contributed by atoms with Crippen LogP contribution in [-0.4, -0.2) is 108 Å². The first kappa shape index (κ1) is 38.1. The van der Waals surface area contributed by atoms with E-state index in [4.69, 9.17) is 43.3 Å². The van der Waals surface area contributed by atoms with Crippen LogP contribution in [0.1, 0.15) is 6.42 Å². The third-order valence-electron chi connectivity index (χ3n) is 5.82. The van der Waals surface area contributed by atoms with Crippen LogP contribution >= 0.6 is 0 Å². The monoisotopic (exact) mass is 678 g/mol. The molecule has 0 bridgehead atoms. The van der Waals surface area contributed by atoms with Crippen molar-refractivity contribution >= 4 is 60.4 Å². The Bertz CT molecular complexity index is 708. The molecule has 0 radical (unpaired) electrons. The summed E-state index contributed by atoms with van der Waals surface area (Å²) in [6.07, 6.45) is 1.13. The fourth-order valence-corrected chi connectivity index (χ4v) is 33.9. The van der Waals surface area contributed by atoms with E-state index in [1.54, 1.807) is 21.3 Å². The van der Waals surface area contributed by atoms with Crippen molar-refractivity contribution in [3.05, 3.63) is 0 Å². The highest BCUT2D eigenvalue weighted by atomic mass is 28.5. The summed E-state index contributed by atoms with van der Waals surface area (Å²) in [5, 5.41) is 0. The Morgan fingerprint density at radius 3 is 1.69 bits per heavy atom. The zero-order chi connectivity index (χ0) is 30.2. The molecular weight excluding hydrogens is 621 g/mol. The zero-order valence-electron chi connectivity index (χ0n) is 27.2. The zero-order valence-corrected chi connectivity index (χ0v) is 34.3. The second-order valence-electron chi connectivity index (χ2n) is 12.9. The van der Waals surface area contributed by atoms with Gasteiger partial charge in [-0.2, -0.15) is 0 Å². The molecular formula is C22H58O10Si7. The molecule has 0 saturated carbocycles. The highest BCUT2D eigenvalue weighted by Crippen LogP contribution is 2.32. The van der Waals surface area contributed by atoms with Gasteiger partial charge in [0.25, 0.3) is 9.28 Å². The van der Waals surface area contributed by atoms with Crippen molar-refractivity contribution in [3.63, 3.8) is 0 Å². The Kier molecular flexibility index (Phi) is 15.4. The minimum absolute atomic E-state index is 0.267. The number of ether oxygens (including phenoxy) is 2. The average Bonchev–Trinajstić information content (AvgIpc) is 3.55. The van der Waals surface area contributed by atoms with E-state index in [0.717, 1.165) is 19.1 Å². The van der Waals surface area contributed by atoms with Crippen molar-refractivity contribution in [3.8, 4) is 0 Å². The van der Waals surface area contributed by atoms with E-state index in [0.29, 0.717) is 25.3 Å². The van der Waals surface area contributed by atoms with Crippen molar-refractivity contribution in [1.82, 2.24) is 0 Å². The van der Waals surface area contributed by atoms with Gasteiger partial charge >= 0.3 is 34.5 Å². The summed E-state index contributed by atoms with van der Waals surface area (Å²) >= 11 is 0. The maximum absolute atomic E-state index is 6.99. The molecule has 1 heterocycles. The SMILES string of the molecule is CO[Si](CC[Si](C)(O[Si](C)(C)C)O[Si](C)(C)O[Si](C)(CCCOCC1CO1)O[SiH](C)O[Si](C)(C)C)(OC)OC. The van der Waals surface area contributed by atoms with Crippen molar-refractivity contribution in [2.75, 3.05) is 41.2 Å². The molecule has 234 valence electrons. The predicted molar refractivity (Wildman–Crippen MR) is 172 cm³/mol. The summed E-state index contributed by atoms with van der Waals surface area (Å²) in [6, 6.07) is 2.12. The summed E-state index contributed by atoms with van der Waals surface area (Å²) in [7, 11) is -11.4. The average molecular weight is 679 g/mol. The van der Waals surface area contributed by atoms with Crippen LogP contribution in [0, 0.1) is 0 Å². The van der Waals surface area contributed by atoms with Gasteiger partial charge in [-0.05, 0) is 90.5 Å². The van der Waals surface area contributed by atoms with Crippen LogP contribution in [0.15, 0.2) is 0 Å². The standard InChI is InChI=1S/C22H58O10Si7/c1-23-39(24-2,25-3)19-18-38(14,30-35(8,9)10)32-36(11,12)31-37(13,29-33(4)28-34(5,6)7)17-15-16-26-20-22-21-27-22/h22,33H,15-21H2,1-14H3. The van der Waals surface area contributed by atoms with Gasteiger partial charge in [0.15, 0.2) is 16.6 Å². The fraction of sp³-hybridized carbons (Fsp3) is 1.00. The lowest BCUT2D eigenvalue weighted by atomic mass is 10.5. The van der Waals surface area contributed by atoms with E-state index in [2.05, 4.69) is 72.0 Å². The van der Waals surface area contributed by atoms with E-state index >= 15 is 0 Å². The van der Waals surface area contributed by atoms with Gasteiger partial charge in [-0.25, -0.2) is 0 Å². The van der Waals surface area contributed by atoms with Gasteiger partial charge in [0.2, 0.25) is 0 Å². The molecule has 0 N–H and O–H groups in total. The first-order valence-corrected chi connectivity index (χ1v) is 32.7. The number of hydrogen-bond donors (Lipinski definition) is 0. The van der Waals surface area contributed by atoms with Crippen molar-refractivity contribution in [2.24, 2.45) is 0 Å². The van der Waals surface area contributed by atoms with Crippen LogP contribution in [0.4, 0.5) is 0 Å². The van der Waals surface area contributed by atoms with Gasteiger partial charge in [-0.3, -0.25) is 0 Å². The van der Waals surface area contributed by atoms with Crippen LogP contribution in [0.2, 0.25) is 90.1 Å². The van der Waals surface area contributed by atoms with E-state index < -0.39 is 60.4 Å². The van der Waals surface area contributed by atoms with E-state index in [9.17, 15) is 0 Å². The molecule has 17 heteroatoms. The third-order valence-corrected chi connectivity index (χ3v) is 30.5. The van der Waals surface area contributed by atoms with Crippen LogP contribution in [0.3, 0.4) is 0 Å². The molecule has 0 aromatic heterocycles. The topological polar surface area (TPSA) is 95.6 Å². The van der Waals surface area contributed by atoms with Crippen LogP contribution in [0.5, 0.6) is 0 Å². The molecule has 0 amide bonds. The second-order valence-corrected chi connectivity index (χ2v) is 38.3. The van der Waals surface area contributed by atoms with Gasteiger partial charge in [0.1, 0.15) is 6.10 Å². The molecule has 1 aliphatic rings. The number of hydrogen-bond acceptors (Lipinski definition) is 10. The molecule has 0 aromatic rings. The number of epoxide rings is 1. The molecule has 10 nitrogen and oxygen atoms in total. The normalized spacial score (nSPS) is 20.9. The highest BCUT2D eigenvalue weighted by Gasteiger charge is 2.50. The van der Waals surface area contributed by atoms with Crippen LogP contribution in [-0.2, 0) is 43.3 Å². The van der Waals surface area contributed by atoms with Gasteiger partial charge in [-0.15, -0.1) is 0 Å². The Hall–Kier alpha value is 1.12. The Labute approximate surface area is 246 Å². The molecule has 39 heavy (non-hydrogen) atoms. The fourth-order valence-electron chi connectivity index (χ4n) is 4.65. The molecule has 0 spiro atoms. The minimum Gasteiger partial charge on any atom is -0.439 e. The third kappa shape index (κ3) is 16.5. The lowest BCUT2D eigenvalue weighted by Crippen LogP contribution is -2.60. The van der Waals surface area contributed by atoms with Crippen molar-refractivity contribution < 1.29 is 43.3 Å². The number of rotatable bonds is 22. The summed E-state index contributed by atoms with van der Waals surface area (Å²) in [5.41, 5.74) is 0. The molecule has 1 rings (SSSR count). The van der Waals surface area contributed by atoms with Crippen molar-refractivity contribution in [1.29, 1.82) is 0 Å². The summed E-state index contributed by atoms with van der Waals surface area (Å²) in [4.78, 5) is 0. The van der Waals surface area contributed by atoms with Gasteiger partial charge in [-0.1, -0.05) is 0 Å². The summed E-state index contributed by atoms with van der Waals surface area (Å²) in [6.45, 7) is 25.9. The summed E-state index contributed by atoms with van der Waals surface area (Å²) in [5.74, 6) is 0. The Balaban J connectivity index is 3.06. The van der Waals surface area contributed by atoms with Crippen LogP contribution < -0.4 is 0 Å². The van der Waals surface area contributed by atoms with Gasteiger partial charge < -0.3 is 43.3 Å². The first-order valence-electron chi connectivity index (χ1n) is 14.0. The maximum Gasteiger partial charge on any atom is 0.500 e.